The molecule has 0 unspecified atom stereocenters. The average molecular weight is 480 g/mol. The van der Waals surface area contributed by atoms with Crippen molar-refractivity contribution in [1.29, 1.82) is 0 Å². The molecule has 176 valence electrons. The van der Waals surface area contributed by atoms with Gasteiger partial charge >= 0.3 is 0 Å². The summed E-state index contributed by atoms with van der Waals surface area (Å²) >= 11 is 1.37. The lowest BCUT2D eigenvalue weighted by molar-refractivity contribution is -0.384. The number of nitrogens with zero attached hydrogens (tertiary/aromatic N) is 4. The maximum atomic E-state index is 13.3. The molecule has 2 aromatic carbocycles. The number of benzene rings is 2. The highest BCUT2D eigenvalue weighted by Crippen LogP contribution is 2.35. The van der Waals surface area contributed by atoms with Crippen LogP contribution in [0.15, 0.2) is 58.5 Å². The Morgan fingerprint density at radius 2 is 1.97 bits per heavy atom. The first-order valence-corrected chi connectivity index (χ1v) is 12.2. The van der Waals surface area contributed by atoms with Gasteiger partial charge in [-0.15, -0.1) is 0 Å². The molecular formula is C24H25N5O4S. The number of amidine groups is 2. The molecule has 9 nitrogen and oxygen atoms in total. The van der Waals surface area contributed by atoms with E-state index in [1.165, 1.54) is 28.8 Å². The summed E-state index contributed by atoms with van der Waals surface area (Å²) in [6.07, 6.45) is 2.49. The molecule has 2 amide bonds. The fourth-order valence-corrected chi connectivity index (χ4v) is 4.67. The summed E-state index contributed by atoms with van der Waals surface area (Å²) in [5, 5.41) is 14.3. The molecule has 10 heteroatoms. The number of para-hydroxylation sites is 1. The van der Waals surface area contributed by atoms with Gasteiger partial charge in [-0.3, -0.25) is 24.7 Å². The second-order valence-corrected chi connectivity index (χ2v) is 8.95. The zero-order valence-electron chi connectivity index (χ0n) is 18.8. The highest BCUT2D eigenvalue weighted by atomic mass is 32.2. The summed E-state index contributed by atoms with van der Waals surface area (Å²) in [6, 6.07) is 13.2. The maximum Gasteiger partial charge on any atom is 0.269 e. The van der Waals surface area contributed by atoms with E-state index in [1.54, 1.807) is 12.1 Å². The second kappa shape index (κ2) is 10.6. The lowest BCUT2D eigenvalue weighted by atomic mass is 10.1. The third kappa shape index (κ3) is 5.17. The molecule has 0 fully saturated rings. The van der Waals surface area contributed by atoms with Crippen LogP contribution in [0.4, 0.5) is 11.4 Å². The Balaban J connectivity index is 1.49. The fourth-order valence-electron chi connectivity index (χ4n) is 3.71. The number of nitro benzene ring substituents is 1. The first-order valence-electron chi connectivity index (χ1n) is 11.2. The van der Waals surface area contributed by atoms with E-state index in [4.69, 9.17) is 4.99 Å². The van der Waals surface area contributed by atoms with Crippen molar-refractivity contribution in [2.45, 2.75) is 44.4 Å². The molecule has 0 aromatic heterocycles. The van der Waals surface area contributed by atoms with E-state index in [2.05, 4.69) is 17.2 Å². The zero-order valence-corrected chi connectivity index (χ0v) is 19.6. The third-order valence-electron chi connectivity index (χ3n) is 5.56. The van der Waals surface area contributed by atoms with Gasteiger partial charge in [0, 0.05) is 36.4 Å². The molecule has 1 N–H and O–H groups in total. The van der Waals surface area contributed by atoms with Gasteiger partial charge < -0.3 is 5.32 Å². The zero-order chi connectivity index (χ0) is 24.1. The molecule has 0 spiro atoms. The summed E-state index contributed by atoms with van der Waals surface area (Å²) in [7, 11) is 0. The molecule has 0 radical (unpaired) electrons. The first kappa shape index (κ1) is 23.6. The summed E-state index contributed by atoms with van der Waals surface area (Å²) in [5.74, 6) is 0.771. The molecule has 0 bridgehead atoms. The van der Waals surface area contributed by atoms with Crippen molar-refractivity contribution in [3.8, 4) is 0 Å². The van der Waals surface area contributed by atoms with Crippen molar-refractivity contribution in [2.75, 3.05) is 6.54 Å². The van der Waals surface area contributed by atoms with Crippen LogP contribution in [-0.2, 0) is 15.3 Å². The summed E-state index contributed by atoms with van der Waals surface area (Å²) in [4.78, 5) is 46.8. The first-order chi connectivity index (χ1) is 16.5. The van der Waals surface area contributed by atoms with Crippen LogP contribution in [0.1, 0.15) is 43.7 Å². The van der Waals surface area contributed by atoms with Crippen LogP contribution in [0.2, 0.25) is 0 Å². The Kier molecular flexibility index (Phi) is 7.36. The van der Waals surface area contributed by atoms with Crippen LogP contribution in [-0.4, -0.2) is 45.2 Å². The lowest BCUT2D eigenvalue weighted by Gasteiger charge is -2.25. The Bertz CT molecular complexity index is 1160. The van der Waals surface area contributed by atoms with Crippen LogP contribution in [0, 0.1) is 10.1 Å². The number of thioether (sulfide) groups is 1. The molecule has 0 saturated heterocycles. The molecule has 2 heterocycles. The Labute approximate surface area is 201 Å². The van der Waals surface area contributed by atoms with E-state index in [9.17, 15) is 19.7 Å². The van der Waals surface area contributed by atoms with Gasteiger partial charge in [0.15, 0.2) is 5.17 Å². The molecule has 1 atom stereocenters. The smallest absolute Gasteiger partial charge is 0.269 e. The number of rotatable bonds is 9. The number of nitro groups is 1. The summed E-state index contributed by atoms with van der Waals surface area (Å²) in [5.41, 5.74) is 2.42. The number of nitrogens with one attached hydrogen (secondary N) is 1. The minimum absolute atomic E-state index is 0.0309. The van der Waals surface area contributed by atoms with Gasteiger partial charge in [0.25, 0.3) is 11.6 Å². The van der Waals surface area contributed by atoms with E-state index < -0.39 is 11.0 Å². The number of non-ortho nitro benzene ring substituents is 1. The van der Waals surface area contributed by atoms with Gasteiger partial charge in [-0.1, -0.05) is 49.4 Å². The third-order valence-corrected chi connectivity index (χ3v) is 6.57. The van der Waals surface area contributed by atoms with Crippen molar-refractivity contribution in [1.82, 2.24) is 10.2 Å². The minimum atomic E-state index is -0.636. The summed E-state index contributed by atoms with van der Waals surface area (Å²) in [6.45, 7) is 2.70. The predicted octanol–water partition coefficient (Wildman–Crippen LogP) is 4.18. The fraction of sp³-hybridized carbons (Fsp3) is 0.333. The quantitative estimate of drug-likeness (QED) is 0.329. The molecule has 4 rings (SSSR count). The van der Waals surface area contributed by atoms with Gasteiger partial charge in [-0.05, 0) is 30.5 Å². The van der Waals surface area contributed by atoms with Crippen LogP contribution >= 0.6 is 11.8 Å². The van der Waals surface area contributed by atoms with Crippen molar-refractivity contribution in [2.24, 2.45) is 9.98 Å². The van der Waals surface area contributed by atoms with Gasteiger partial charge in [0.2, 0.25) is 5.91 Å². The van der Waals surface area contributed by atoms with Crippen molar-refractivity contribution >= 4 is 46.0 Å². The van der Waals surface area contributed by atoms with E-state index >= 15 is 0 Å². The minimum Gasteiger partial charge on any atom is -0.356 e. The van der Waals surface area contributed by atoms with E-state index in [-0.39, 0.29) is 23.9 Å². The molecule has 0 aliphatic carbocycles. The molecule has 2 aliphatic heterocycles. The topological polar surface area (TPSA) is 117 Å². The van der Waals surface area contributed by atoms with Gasteiger partial charge in [0.1, 0.15) is 11.9 Å². The number of aliphatic imine (C=N–C) groups is 2. The number of unbranched alkanes of at least 4 members (excludes halogenated alkanes) is 1. The number of hydrogen-bond acceptors (Lipinski definition) is 7. The number of carbonyl (C=O) groups is 2. The standard InChI is InChI=1S/C24H25N5O4S/c1-2-3-14-25-21(30)13-12-20-23(31)28-22(26-20)18-6-4-5-7-19(18)27-24(28)34-15-16-8-10-17(11-9-16)29(32)33/h4-11,20H,2-3,12-15H2,1H3,(H,25,30)/t20-/m1/s1. The molecule has 2 aliphatic rings. The number of amides is 2. The number of carbonyl (C=O) groups excluding carboxylic acids is 2. The Morgan fingerprint density at radius 3 is 2.71 bits per heavy atom. The molecule has 2 aromatic rings. The monoisotopic (exact) mass is 479 g/mol. The number of hydrogen-bond donors (Lipinski definition) is 1. The second-order valence-electron chi connectivity index (χ2n) is 8.01. The normalized spacial score (nSPS) is 16.4. The van der Waals surface area contributed by atoms with Gasteiger partial charge in [0.05, 0.1) is 10.6 Å². The summed E-state index contributed by atoms with van der Waals surface area (Å²) < 4.78 is 0. The van der Waals surface area contributed by atoms with Crippen molar-refractivity contribution < 1.29 is 14.5 Å². The average Bonchev–Trinajstić information content (AvgIpc) is 3.18. The van der Waals surface area contributed by atoms with Crippen LogP contribution < -0.4 is 5.32 Å². The lowest BCUT2D eigenvalue weighted by Crippen LogP contribution is -2.41. The highest BCUT2D eigenvalue weighted by molar-refractivity contribution is 8.13. The van der Waals surface area contributed by atoms with Crippen molar-refractivity contribution in [3.05, 3.63) is 69.8 Å². The van der Waals surface area contributed by atoms with Crippen LogP contribution in [0.5, 0.6) is 0 Å². The SMILES string of the molecule is CCCCNC(=O)CC[C@H]1N=C2c3ccccc3N=C(SCc3ccc([N+](=O)[O-])cc3)N2C1=O. The maximum absolute atomic E-state index is 13.3. The molecular weight excluding hydrogens is 454 g/mol. The van der Waals surface area contributed by atoms with E-state index in [1.807, 2.05) is 24.3 Å². The predicted molar refractivity (Wildman–Crippen MR) is 132 cm³/mol. The van der Waals surface area contributed by atoms with E-state index in [0.29, 0.717) is 29.7 Å². The Morgan fingerprint density at radius 1 is 1.21 bits per heavy atom. The largest absolute Gasteiger partial charge is 0.356 e. The molecule has 0 saturated carbocycles. The number of fused-ring (bicyclic) bond motifs is 3. The van der Waals surface area contributed by atoms with Crippen molar-refractivity contribution in [3.63, 3.8) is 0 Å². The molecule has 34 heavy (non-hydrogen) atoms. The van der Waals surface area contributed by atoms with Crippen LogP contribution in [0.3, 0.4) is 0 Å². The van der Waals surface area contributed by atoms with E-state index in [0.717, 1.165) is 29.7 Å². The highest BCUT2D eigenvalue weighted by Gasteiger charge is 2.41. The van der Waals surface area contributed by atoms with Crippen LogP contribution in [0.25, 0.3) is 0 Å². The van der Waals surface area contributed by atoms with Gasteiger partial charge in [-0.2, -0.15) is 0 Å². The Hall–Kier alpha value is -3.53. The van der Waals surface area contributed by atoms with Gasteiger partial charge in [-0.25, -0.2) is 9.89 Å².